The summed E-state index contributed by atoms with van der Waals surface area (Å²) < 4.78 is 0. The third kappa shape index (κ3) is 4.35. The quantitative estimate of drug-likeness (QED) is 0.832. The molecule has 5 heteroatoms. The van der Waals surface area contributed by atoms with E-state index in [-0.39, 0.29) is 18.2 Å². The molecule has 0 aromatic heterocycles. The highest BCUT2D eigenvalue weighted by Crippen LogP contribution is 2.42. The number of carboxylic acid groups (broad SMARTS) is 1. The third-order valence-electron chi connectivity index (χ3n) is 5.04. The number of hydrogen-bond donors (Lipinski definition) is 2. The van der Waals surface area contributed by atoms with Gasteiger partial charge in [0, 0.05) is 5.69 Å². The Bertz CT molecular complexity index is 627. The van der Waals surface area contributed by atoms with Crippen LogP contribution in [0.15, 0.2) is 24.3 Å². The lowest BCUT2D eigenvalue weighted by Crippen LogP contribution is -2.42. The molecule has 0 aliphatic heterocycles. The van der Waals surface area contributed by atoms with Crippen LogP contribution in [0.2, 0.25) is 0 Å². The Morgan fingerprint density at radius 2 is 1.88 bits per heavy atom. The first-order chi connectivity index (χ1) is 11.5. The lowest BCUT2D eigenvalue weighted by Gasteiger charge is -2.37. The van der Waals surface area contributed by atoms with Crippen molar-refractivity contribution in [3.63, 3.8) is 0 Å². The maximum Gasteiger partial charge on any atom is 0.304 e. The molecule has 2 rings (SSSR count). The SMILES string of the molecule is CC(CC(=O)O)(C(=O)Nc1ccc(CC#N)cc1)C1CCCCC1. The van der Waals surface area contributed by atoms with Gasteiger partial charge < -0.3 is 10.4 Å². The van der Waals surface area contributed by atoms with Crippen LogP contribution in [0.3, 0.4) is 0 Å². The zero-order chi connectivity index (χ0) is 17.6. The smallest absolute Gasteiger partial charge is 0.304 e. The first kappa shape index (κ1) is 18.0. The number of carbonyl (C=O) groups excluding carboxylic acids is 1. The van der Waals surface area contributed by atoms with E-state index in [1.165, 1.54) is 0 Å². The minimum absolute atomic E-state index is 0.0974. The molecule has 0 spiro atoms. The lowest BCUT2D eigenvalue weighted by atomic mass is 9.67. The number of rotatable bonds is 6. The Morgan fingerprint density at radius 3 is 2.42 bits per heavy atom. The van der Waals surface area contributed by atoms with Crippen LogP contribution < -0.4 is 5.32 Å². The summed E-state index contributed by atoms with van der Waals surface area (Å²) in [6, 6.07) is 9.19. The van der Waals surface area contributed by atoms with Gasteiger partial charge in [0.15, 0.2) is 0 Å². The van der Waals surface area contributed by atoms with E-state index < -0.39 is 11.4 Å². The third-order valence-corrected chi connectivity index (χ3v) is 5.04. The van der Waals surface area contributed by atoms with Crippen molar-refractivity contribution in [2.24, 2.45) is 11.3 Å². The average Bonchev–Trinajstić information content (AvgIpc) is 2.57. The van der Waals surface area contributed by atoms with E-state index in [0.29, 0.717) is 12.1 Å². The van der Waals surface area contributed by atoms with Crippen LogP contribution in [0.25, 0.3) is 0 Å². The number of amides is 1. The van der Waals surface area contributed by atoms with Crippen LogP contribution in [-0.4, -0.2) is 17.0 Å². The summed E-state index contributed by atoms with van der Waals surface area (Å²) in [5, 5.41) is 20.8. The zero-order valence-corrected chi connectivity index (χ0v) is 14.0. The van der Waals surface area contributed by atoms with Crippen molar-refractivity contribution < 1.29 is 14.7 Å². The Kier molecular flexibility index (Phi) is 5.97. The molecule has 2 N–H and O–H groups in total. The minimum atomic E-state index is -0.942. The molecule has 5 nitrogen and oxygen atoms in total. The largest absolute Gasteiger partial charge is 0.481 e. The molecule has 1 aliphatic rings. The van der Waals surface area contributed by atoms with Crippen molar-refractivity contribution in [2.75, 3.05) is 5.32 Å². The number of carbonyl (C=O) groups is 2. The molecule has 1 aliphatic carbocycles. The topological polar surface area (TPSA) is 90.2 Å². The first-order valence-electron chi connectivity index (χ1n) is 8.45. The number of nitrogens with zero attached hydrogens (tertiary/aromatic N) is 1. The molecular formula is C19H24N2O3. The van der Waals surface area contributed by atoms with Gasteiger partial charge in [-0.1, -0.05) is 31.4 Å². The molecule has 1 amide bonds. The standard InChI is InChI=1S/C19H24N2O3/c1-19(13-17(22)23,15-5-3-2-4-6-15)18(24)21-16-9-7-14(8-10-16)11-12-20/h7-10,15H,2-6,11,13H2,1H3,(H,21,24)(H,22,23). The summed E-state index contributed by atoms with van der Waals surface area (Å²) in [5.41, 5.74) is 0.614. The van der Waals surface area contributed by atoms with E-state index in [0.717, 1.165) is 37.7 Å². The van der Waals surface area contributed by atoms with Gasteiger partial charge in [0.1, 0.15) is 0 Å². The number of hydrogen-bond acceptors (Lipinski definition) is 3. The Hall–Kier alpha value is -2.35. The maximum atomic E-state index is 12.9. The fourth-order valence-electron chi connectivity index (χ4n) is 3.53. The zero-order valence-electron chi connectivity index (χ0n) is 14.0. The van der Waals surface area contributed by atoms with E-state index in [1.54, 1.807) is 31.2 Å². The second-order valence-corrected chi connectivity index (χ2v) is 6.81. The van der Waals surface area contributed by atoms with Crippen molar-refractivity contribution >= 4 is 17.6 Å². The molecule has 0 heterocycles. The van der Waals surface area contributed by atoms with Gasteiger partial charge in [-0.05, 0) is 43.4 Å². The Morgan fingerprint density at radius 1 is 1.25 bits per heavy atom. The van der Waals surface area contributed by atoms with E-state index in [1.807, 2.05) is 0 Å². The van der Waals surface area contributed by atoms with Crippen molar-refractivity contribution in [1.29, 1.82) is 5.26 Å². The van der Waals surface area contributed by atoms with Crippen LogP contribution in [0, 0.1) is 22.7 Å². The number of benzene rings is 1. The number of carboxylic acids is 1. The summed E-state index contributed by atoms with van der Waals surface area (Å²) in [7, 11) is 0. The van der Waals surface area contributed by atoms with Gasteiger partial charge >= 0.3 is 5.97 Å². The highest BCUT2D eigenvalue weighted by Gasteiger charge is 2.43. The van der Waals surface area contributed by atoms with E-state index in [9.17, 15) is 14.7 Å². The number of nitrogens with one attached hydrogen (secondary N) is 1. The van der Waals surface area contributed by atoms with E-state index in [2.05, 4.69) is 11.4 Å². The highest BCUT2D eigenvalue weighted by atomic mass is 16.4. The molecule has 0 saturated heterocycles. The normalized spacial score (nSPS) is 17.5. The van der Waals surface area contributed by atoms with Gasteiger partial charge in [-0.2, -0.15) is 5.26 Å². The predicted octanol–water partition coefficient (Wildman–Crippen LogP) is 3.75. The summed E-state index contributed by atoms with van der Waals surface area (Å²) in [6.07, 6.45) is 5.23. The molecule has 0 radical (unpaired) electrons. The summed E-state index contributed by atoms with van der Waals surface area (Å²) >= 11 is 0. The van der Waals surface area contributed by atoms with Crippen LogP contribution in [0.4, 0.5) is 5.69 Å². The number of nitriles is 1. The first-order valence-corrected chi connectivity index (χ1v) is 8.45. The van der Waals surface area contributed by atoms with Crippen LogP contribution in [0.1, 0.15) is 51.0 Å². The second-order valence-electron chi connectivity index (χ2n) is 6.81. The molecular weight excluding hydrogens is 304 g/mol. The van der Waals surface area contributed by atoms with Crippen molar-refractivity contribution in [3.8, 4) is 6.07 Å². The number of anilines is 1. The fraction of sp³-hybridized carbons (Fsp3) is 0.526. The molecule has 1 aromatic rings. The molecule has 128 valence electrons. The van der Waals surface area contributed by atoms with Crippen molar-refractivity contribution in [2.45, 2.75) is 51.9 Å². The Balaban J connectivity index is 2.14. The van der Waals surface area contributed by atoms with Crippen LogP contribution in [-0.2, 0) is 16.0 Å². The fourth-order valence-corrected chi connectivity index (χ4v) is 3.53. The van der Waals surface area contributed by atoms with Crippen molar-refractivity contribution in [3.05, 3.63) is 29.8 Å². The number of aliphatic carboxylic acids is 1. The molecule has 1 aromatic carbocycles. The molecule has 1 unspecified atom stereocenters. The monoisotopic (exact) mass is 328 g/mol. The lowest BCUT2D eigenvalue weighted by molar-refractivity contribution is -0.145. The van der Waals surface area contributed by atoms with Crippen LogP contribution in [0.5, 0.6) is 0 Å². The van der Waals surface area contributed by atoms with Gasteiger partial charge in [0.05, 0.1) is 24.3 Å². The minimum Gasteiger partial charge on any atom is -0.481 e. The second kappa shape index (κ2) is 7.96. The average molecular weight is 328 g/mol. The Labute approximate surface area is 142 Å². The van der Waals surface area contributed by atoms with Gasteiger partial charge in [-0.3, -0.25) is 9.59 Å². The highest BCUT2D eigenvalue weighted by molar-refractivity contribution is 5.97. The molecule has 0 bridgehead atoms. The summed E-state index contributed by atoms with van der Waals surface area (Å²) in [5.74, 6) is -1.08. The van der Waals surface area contributed by atoms with E-state index in [4.69, 9.17) is 5.26 Å². The van der Waals surface area contributed by atoms with Gasteiger partial charge in [0.25, 0.3) is 0 Å². The van der Waals surface area contributed by atoms with Gasteiger partial charge in [0.2, 0.25) is 5.91 Å². The predicted molar refractivity (Wildman–Crippen MR) is 91.3 cm³/mol. The van der Waals surface area contributed by atoms with Crippen LogP contribution >= 0.6 is 0 Å². The molecule has 24 heavy (non-hydrogen) atoms. The molecule has 1 fully saturated rings. The molecule has 1 atom stereocenters. The van der Waals surface area contributed by atoms with Gasteiger partial charge in [-0.15, -0.1) is 0 Å². The van der Waals surface area contributed by atoms with E-state index >= 15 is 0 Å². The maximum absolute atomic E-state index is 12.9. The molecule has 1 saturated carbocycles. The summed E-state index contributed by atoms with van der Waals surface area (Å²) in [6.45, 7) is 1.77. The summed E-state index contributed by atoms with van der Waals surface area (Å²) in [4.78, 5) is 24.2. The van der Waals surface area contributed by atoms with Crippen molar-refractivity contribution in [1.82, 2.24) is 0 Å². The van der Waals surface area contributed by atoms with Gasteiger partial charge in [-0.25, -0.2) is 0 Å².